The zero-order valence-corrected chi connectivity index (χ0v) is 17.3. The molecule has 0 aromatic heterocycles. The summed E-state index contributed by atoms with van der Waals surface area (Å²) in [7, 11) is 0. The Hall–Kier alpha value is 0.719. The van der Waals surface area contributed by atoms with Gasteiger partial charge in [0.25, 0.3) is 0 Å². The van der Waals surface area contributed by atoms with Gasteiger partial charge in [-0.05, 0) is 0 Å². The topological polar surface area (TPSA) is 28.2 Å². The molecule has 0 fully saturated rings. The van der Waals surface area contributed by atoms with Gasteiger partial charge < -0.3 is 10.6 Å². The predicted molar refractivity (Wildman–Crippen MR) is 94.1 cm³/mol. The van der Waals surface area contributed by atoms with E-state index in [0.29, 0.717) is 0 Å². The van der Waals surface area contributed by atoms with Crippen molar-refractivity contribution in [1.82, 2.24) is 0 Å². The van der Waals surface area contributed by atoms with E-state index in [1.165, 1.54) is 25.7 Å². The Morgan fingerprint density at radius 1 is 0.579 bits per heavy atom. The molecule has 0 radical (unpaired) electrons. The van der Waals surface area contributed by atoms with E-state index in [1.807, 2.05) is 27.7 Å². The summed E-state index contributed by atoms with van der Waals surface area (Å²) < 4.78 is 3.25. The van der Waals surface area contributed by atoms with Gasteiger partial charge in [0.15, 0.2) is 0 Å². The number of unbranched alkanes of at least 4 members (excludes halogenated alkanes) is 2. The molecule has 2 nitrogen and oxygen atoms in total. The molecule has 0 aliphatic carbocycles. The largest absolute Gasteiger partial charge is 0.663 e. The van der Waals surface area contributed by atoms with Crippen LogP contribution in [0.5, 0.6) is 0 Å². The Balaban J connectivity index is -0.000000219. The number of hydrogen-bond donors (Lipinski definition) is 0. The first-order valence-electron chi connectivity index (χ1n) is 8.21. The van der Waals surface area contributed by atoms with Gasteiger partial charge >= 0.3 is 69.5 Å². The molecule has 0 N–H and O–H groups in total. The zero-order valence-electron chi connectivity index (χ0n) is 14.5. The van der Waals surface area contributed by atoms with Crippen LogP contribution in [0.2, 0.25) is 8.87 Å². The van der Waals surface area contributed by atoms with Gasteiger partial charge in [0, 0.05) is 0 Å². The van der Waals surface area contributed by atoms with E-state index < -0.39 is 0 Å². The van der Waals surface area contributed by atoms with Crippen molar-refractivity contribution in [1.29, 1.82) is 0 Å². The average Bonchev–Trinajstić information content (AvgIpc) is 2.42. The molecule has 0 aliphatic rings. The average molecular weight is 377 g/mol. The minimum absolute atomic E-state index is 0.149. The summed E-state index contributed by atoms with van der Waals surface area (Å²) in [5.74, 6) is 0. The monoisotopic (exact) mass is 378 g/mol. The molecule has 0 rings (SSSR count). The van der Waals surface area contributed by atoms with Crippen molar-refractivity contribution < 1.29 is 0 Å². The molecule has 0 saturated carbocycles. The van der Waals surface area contributed by atoms with Crippen molar-refractivity contribution in [3.05, 3.63) is 10.6 Å². The molecule has 0 heterocycles. The molecule has 0 aliphatic heterocycles. The van der Waals surface area contributed by atoms with Gasteiger partial charge in [0.2, 0.25) is 0 Å². The zero-order chi connectivity index (χ0) is 15.2. The van der Waals surface area contributed by atoms with Crippen molar-refractivity contribution in [3.8, 4) is 0 Å². The number of nitrogens with zero attached hydrogens (tertiary/aromatic N) is 2. The molecule has 0 bridgehead atoms. The molecule has 0 unspecified atom stereocenters. The normalized spacial score (nSPS) is 8.74. The first-order chi connectivity index (χ1) is 9.24. The van der Waals surface area contributed by atoms with Gasteiger partial charge in [0.05, 0.1) is 0 Å². The van der Waals surface area contributed by atoms with Gasteiger partial charge in [-0.2, -0.15) is 26.2 Å². The quantitative estimate of drug-likeness (QED) is 0.334. The summed E-state index contributed by atoms with van der Waals surface area (Å²) in [6, 6.07) is 0. The molecular formula is C16H38N2Sn. The number of hydrogen-bond acceptors (Lipinski definition) is 0. The summed E-state index contributed by atoms with van der Waals surface area (Å²) >= 11 is 0.149. The second kappa shape index (κ2) is 31.2. The van der Waals surface area contributed by atoms with Crippen molar-refractivity contribution in [2.24, 2.45) is 0 Å². The second-order valence-electron chi connectivity index (χ2n) is 4.17. The summed E-state index contributed by atoms with van der Waals surface area (Å²) in [4.78, 5) is 0. The SMILES string of the molecule is CCC[CH2][Sn+2][CH2]CCC.CC[N-]CC.CC[N-]CC. The number of rotatable bonds is 10. The van der Waals surface area contributed by atoms with Crippen molar-refractivity contribution >= 4 is 21.1 Å². The molecule has 116 valence electrons. The Morgan fingerprint density at radius 2 is 0.895 bits per heavy atom. The molecule has 0 aromatic rings. The molecule has 0 spiro atoms. The Morgan fingerprint density at radius 3 is 1.05 bits per heavy atom. The van der Waals surface area contributed by atoms with Gasteiger partial charge in [-0.3, -0.25) is 0 Å². The molecule has 19 heavy (non-hydrogen) atoms. The van der Waals surface area contributed by atoms with Crippen LogP contribution in [0.25, 0.3) is 10.6 Å². The molecule has 0 amide bonds. The van der Waals surface area contributed by atoms with E-state index in [0.717, 1.165) is 26.2 Å². The Kier molecular flexibility index (Phi) is 40.6. The second-order valence-corrected chi connectivity index (χ2v) is 8.45. The van der Waals surface area contributed by atoms with Gasteiger partial charge in [-0.25, -0.2) is 0 Å². The first kappa shape index (κ1) is 24.7. The molecule has 0 aromatic carbocycles. The Bertz CT molecular complexity index is 94.9. The fourth-order valence-corrected chi connectivity index (χ4v) is 5.33. The fraction of sp³-hybridized carbons (Fsp3) is 1.00. The molecule has 0 saturated heterocycles. The van der Waals surface area contributed by atoms with Crippen LogP contribution in [0, 0.1) is 0 Å². The van der Waals surface area contributed by atoms with Crippen LogP contribution in [-0.2, 0) is 0 Å². The summed E-state index contributed by atoms with van der Waals surface area (Å²) in [6.07, 6.45) is 5.84. The van der Waals surface area contributed by atoms with E-state index in [1.54, 1.807) is 8.87 Å². The van der Waals surface area contributed by atoms with E-state index in [-0.39, 0.29) is 21.1 Å². The summed E-state index contributed by atoms with van der Waals surface area (Å²) in [5.41, 5.74) is 0. The van der Waals surface area contributed by atoms with E-state index >= 15 is 0 Å². The smallest absolute Gasteiger partial charge is 0.0844 e. The minimum atomic E-state index is 0.149. The maximum atomic E-state index is 3.97. The maximum absolute atomic E-state index is 3.97. The summed E-state index contributed by atoms with van der Waals surface area (Å²) in [5, 5.41) is 7.94. The Labute approximate surface area is 134 Å². The molecule has 3 heteroatoms. The molecule has 0 atom stereocenters. The van der Waals surface area contributed by atoms with Crippen LogP contribution < -0.4 is 0 Å². The van der Waals surface area contributed by atoms with E-state index in [2.05, 4.69) is 24.5 Å². The van der Waals surface area contributed by atoms with Crippen LogP contribution in [-0.4, -0.2) is 47.3 Å². The predicted octanol–water partition coefficient (Wildman–Crippen LogP) is 5.93. The summed E-state index contributed by atoms with van der Waals surface area (Å²) in [6.45, 7) is 16.6. The van der Waals surface area contributed by atoms with Crippen molar-refractivity contribution in [2.45, 2.75) is 76.1 Å². The van der Waals surface area contributed by atoms with Crippen molar-refractivity contribution in [3.63, 3.8) is 0 Å². The van der Waals surface area contributed by atoms with Crippen LogP contribution >= 0.6 is 0 Å². The van der Waals surface area contributed by atoms with Gasteiger partial charge in [0.1, 0.15) is 0 Å². The van der Waals surface area contributed by atoms with Crippen LogP contribution in [0.3, 0.4) is 0 Å². The third-order valence-electron chi connectivity index (χ3n) is 2.31. The van der Waals surface area contributed by atoms with E-state index in [4.69, 9.17) is 0 Å². The first-order valence-corrected chi connectivity index (χ1v) is 12.3. The third-order valence-corrected chi connectivity index (χ3v) is 6.34. The molecular weight excluding hydrogens is 339 g/mol. The van der Waals surface area contributed by atoms with Gasteiger partial charge in [-0.15, -0.1) is 0 Å². The van der Waals surface area contributed by atoms with Crippen molar-refractivity contribution in [2.75, 3.05) is 26.2 Å². The minimum Gasteiger partial charge on any atom is -0.663 e. The van der Waals surface area contributed by atoms with Crippen LogP contribution in [0.4, 0.5) is 0 Å². The standard InChI is InChI=1S/2C4H10N.2C4H9.Sn/c2*1-3-5-4-2;2*1-3-4-2;/h2*3-4H2,1-2H3;2*1,3-4H2,2H3;/q2*-1;;;+2. The fourth-order valence-electron chi connectivity index (χ4n) is 1.18. The third kappa shape index (κ3) is 45.5. The maximum Gasteiger partial charge on any atom is -0.0844 e. The van der Waals surface area contributed by atoms with E-state index in [9.17, 15) is 0 Å². The van der Waals surface area contributed by atoms with Crippen LogP contribution in [0.1, 0.15) is 67.2 Å². The van der Waals surface area contributed by atoms with Gasteiger partial charge in [-0.1, -0.05) is 27.7 Å². The van der Waals surface area contributed by atoms with Crippen LogP contribution in [0.15, 0.2) is 0 Å².